The molecule has 0 saturated heterocycles. The van der Waals surface area contributed by atoms with Crippen LogP contribution in [-0.4, -0.2) is 37.2 Å². The molecule has 0 N–H and O–H groups in total. The van der Waals surface area contributed by atoms with E-state index in [0.717, 1.165) is 83.5 Å². The second-order valence-electron chi connectivity index (χ2n) is 17.7. The maximum absolute atomic E-state index is 12.8. The van der Waals surface area contributed by atoms with Crippen LogP contribution in [-0.2, 0) is 28.6 Å². The highest BCUT2D eigenvalue weighted by Gasteiger charge is 2.19. The van der Waals surface area contributed by atoms with Crippen molar-refractivity contribution in [3.05, 3.63) is 97.2 Å². The maximum Gasteiger partial charge on any atom is 0.306 e. The molecule has 0 aromatic heterocycles. The average Bonchev–Trinajstić information content (AvgIpc) is 3.31. The van der Waals surface area contributed by atoms with Crippen molar-refractivity contribution < 1.29 is 28.6 Å². The van der Waals surface area contributed by atoms with Crippen LogP contribution < -0.4 is 0 Å². The Morgan fingerprint density at radius 3 is 1.02 bits per heavy atom. The summed E-state index contributed by atoms with van der Waals surface area (Å²) >= 11 is 0. The van der Waals surface area contributed by atoms with Crippen LogP contribution >= 0.6 is 0 Å². The van der Waals surface area contributed by atoms with E-state index in [0.29, 0.717) is 19.3 Å². The van der Waals surface area contributed by atoms with Gasteiger partial charge in [-0.2, -0.15) is 0 Å². The first-order valence-corrected chi connectivity index (χ1v) is 27.2. The lowest BCUT2D eigenvalue weighted by atomic mass is 10.0. The number of hydrogen-bond donors (Lipinski definition) is 0. The van der Waals surface area contributed by atoms with E-state index in [4.69, 9.17) is 14.2 Å². The van der Waals surface area contributed by atoms with E-state index in [1.54, 1.807) is 0 Å². The minimum absolute atomic E-state index is 0.115. The normalized spacial score (nSPS) is 12.8. The highest BCUT2D eigenvalue weighted by Crippen LogP contribution is 2.16. The van der Waals surface area contributed by atoms with Crippen molar-refractivity contribution >= 4 is 17.9 Å². The molecule has 6 heteroatoms. The summed E-state index contributed by atoms with van der Waals surface area (Å²) < 4.78 is 16.7. The first-order chi connectivity index (χ1) is 32.5. The number of hydrogen-bond acceptors (Lipinski definition) is 6. The van der Waals surface area contributed by atoms with Crippen LogP contribution in [0.2, 0.25) is 0 Å². The summed E-state index contributed by atoms with van der Waals surface area (Å²) in [6.45, 7) is 6.32. The number of ether oxygens (including phenoxy) is 3. The van der Waals surface area contributed by atoms with Crippen molar-refractivity contribution in [1.82, 2.24) is 0 Å². The van der Waals surface area contributed by atoms with Crippen LogP contribution in [0.5, 0.6) is 0 Å². The Balaban J connectivity index is 4.45. The molecular formula is C60H100O6. The van der Waals surface area contributed by atoms with Gasteiger partial charge in [-0.3, -0.25) is 14.4 Å². The van der Waals surface area contributed by atoms with Gasteiger partial charge in [0.2, 0.25) is 0 Å². The summed E-state index contributed by atoms with van der Waals surface area (Å²) in [6, 6.07) is 0. The van der Waals surface area contributed by atoms with Crippen molar-refractivity contribution in [3.63, 3.8) is 0 Å². The Morgan fingerprint density at radius 2 is 0.621 bits per heavy atom. The molecule has 0 aliphatic carbocycles. The summed E-state index contributed by atoms with van der Waals surface area (Å²) in [5.74, 6) is -1.04. The van der Waals surface area contributed by atoms with E-state index in [2.05, 4.69) is 106 Å². The Labute approximate surface area is 407 Å². The SMILES string of the molecule is CC/C=C\C/C=C\C/C=C\C/C=C\CCCCC(=O)OC(COC(=O)CC/C=C\C/C=C\C/C=C\C/C=C\CC)COC(=O)CCCCCCCCCCCCCCCCCCCCCC. The smallest absolute Gasteiger partial charge is 0.306 e. The summed E-state index contributed by atoms with van der Waals surface area (Å²) in [5, 5.41) is 0. The third-order valence-corrected chi connectivity index (χ3v) is 11.3. The number of allylic oxidation sites excluding steroid dienone is 16. The van der Waals surface area contributed by atoms with Gasteiger partial charge in [0.15, 0.2) is 6.10 Å². The molecular weight excluding hydrogens is 817 g/mol. The third kappa shape index (κ3) is 51.3. The Bertz CT molecular complexity index is 1330. The van der Waals surface area contributed by atoms with Gasteiger partial charge in [0.05, 0.1) is 0 Å². The summed E-state index contributed by atoms with van der Waals surface area (Å²) in [4.78, 5) is 38.0. The van der Waals surface area contributed by atoms with Crippen LogP contribution in [0.3, 0.4) is 0 Å². The largest absolute Gasteiger partial charge is 0.462 e. The molecule has 0 radical (unpaired) electrons. The number of carbonyl (C=O) groups excluding carboxylic acids is 3. The van der Waals surface area contributed by atoms with Gasteiger partial charge in [-0.05, 0) is 83.5 Å². The molecule has 6 nitrogen and oxygen atoms in total. The van der Waals surface area contributed by atoms with Crippen LogP contribution in [0.15, 0.2) is 97.2 Å². The average molecular weight is 917 g/mol. The van der Waals surface area contributed by atoms with E-state index < -0.39 is 6.10 Å². The molecule has 376 valence electrons. The Kier molecular flexibility index (Phi) is 50.9. The lowest BCUT2D eigenvalue weighted by Crippen LogP contribution is -2.30. The van der Waals surface area contributed by atoms with E-state index in [1.165, 1.54) is 109 Å². The van der Waals surface area contributed by atoms with Gasteiger partial charge < -0.3 is 14.2 Å². The zero-order valence-corrected chi connectivity index (χ0v) is 42.9. The Morgan fingerprint density at radius 1 is 0.318 bits per heavy atom. The predicted molar refractivity (Wildman–Crippen MR) is 284 cm³/mol. The number of unbranched alkanes of at least 4 members (excludes halogenated alkanes) is 21. The molecule has 0 amide bonds. The molecule has 0 rings (SSSR count). The predicted octanol–water partition coefficient (Wildman–Crippen LogP) is 18.1. The fourth-order valence-electron chi connectivity index (χ4n) is 7.33. The maximum atomic E-state index is 12.8. The van der Waals surface area contributed by atoms with E-state index in [1.807, 2.05) is 12.2 Å². The topological polar surface area (TPSA) is 78.9 Å². The molecule has 0 bridgehead atoms. The van der Waals surface area contributed by atoms with Crippen LogP contribution in [0.1, 0.15) is 245 Å². The van der Waals surface area contributed by atoms with Gasteiger partial charge in [0, 0.05) is 19.3 Å². The second kappa shape index (κ2) is 53.9. The lowest BCUT2D eigenvalue weighted by Gasteiger charge is -2.18. The highest BCUT2D eigenvalue weighted by molar-refractivity contribution is 5.71. The number of esters is 3. The first kappa shape index (κ1) is 62.3. The molecule has 0 spiro atoms. The molecule has 0 aliphatic heterocycles. The zero-order valence-electron chi connectivity index (χ0n) is 42.9. The van der Waals surface area contributed by atoms with Gasteiger partial charge >= 0.3 is 17.9 Å². The standard InChI is InChI=1S/C60H100O6/c1-4-7-10-13-16-19-22-25-27-28-29-30-31-33-35-38-41-44-47-50-53-59(62)65-56-57(55-64-58(61)52-49-46-43-40-37-34-24-21-18-15-12-9-6-3)66-60(63)54-51-48-45-42-39-36-32-26-23-20-17-14-11-8-5-2/h8-9,11-12,17-18,20-21,26,32,34,37,39,42-43,46,57H,4-7,10,13-16,19,22-25,27-31,33,35-36,38,40-41,44-45,47-56H2,1-3H3/b11-8-,12-9-,20-17-,21-18-,32-26-,37-34-,42-39-,46-43-. The van der Waals surface area contributed by atoms with E-state index in [9.17, 15) is 14.4 Å². The van der Waals surface area contributed by atoms with Crippen molar-refractivity contribution in [2.75, 3.05) is 13.2 Å². The van der Waals surface area contributed by atoms with Gasteiger partial charge in [0.1, 0.15) is 13.2 Å². The molecule has 0 saturated carbocycles. The molecule has 66 heavy (non-hydrogen) atoms. The quantitative estimate of drug-likeness (QED) is 0.0262. The number of carbonyl (C=O) groups is 3. The highest BCUT2D eigenvalue weighted by atomic mass is 16.6. The molecule has 0 aliphatic rings. The molecule has 0 aromatic carbocycles. The third-order valence-electron chi connectivity index (χ3n) is 11.3. The Hall–Kier alpha value is -3.67. The minimum Gasteiger partial charge on any atom is -0.462 e. The van der Waals surface area contributed by atoms with Gasteiger partial charge in [-0.1, -0.05) is 240 Å². The summed E-state index contributed by atoms with van der Waals surface area (Å²) in [6.07, 6.45) is 71.4. The fourth-order valence-corrected chi connectivity index (χ4v) is 7.33. The molecule has 1 unspecified atom stereocenters. The molecule has 0 aromatic rings. The van der Waals surface area contributed by atoms with E-state index >= 15 is 0 Å². The summed E-state index contributed by atoms with van der Waals surface area (Å²) in [7, 11) is 0. The fraction of sp³-hybridized carbons (Fsp3) is 0.683. The minimum atomic E-state index is -0.827. The van der Waals surface area contributed by atoms with Gasteiger partial charge in [-0.25, -0.2) is 0 Å². The van der Waals surface area contributed by atoms with Crippen molar-refractivity contribution in [1.29, 1.82) is 0 Å². The lowest BCUT2D eigenvalue weighted by molar-refractivity contribution is -0.166. The second-order valence-corrected chi connectivity index (χ2v) is 17.7. The van der Waals surface area contributed by atoms with Crippen LogP contribution in [0.4, 0.5) is 0 Å². The number of rotatable bonds is 48. The summed E-state index contributed by atoms with van der Waals surface area (Å²) in [5.41, 5.74) is 0. The van der Waals surface area contributed by atoms with Gasteiger partial charge in [-0.15, -0.1) is 0 Å². The molecule has 1 atom stereocenters. The van der Waals surface area contributed by atoms with Crippen molar-refractivity contribution in [2.45, 2.75) is 252 Å². The molecule has 0 fully saturated rings. The zero-order chi connectivity index (χ0) is 47.9. The van der Waals surface area contributed by atoms with Crippen LogP contribution in [0.25, 0.3) is 0 Å². The van der Waals surface area contributed by atoms with E-state index in [-0.39, 0.29) is 44.0 Å². The van der Waals surface area contributed by atoms with Crippen molar-refractivity contribution in [2.24, 2.45) is 0 Å². The monoisotopic (exact) mass is 917 g/mol. The first-order valence-electron chi connectivity index (χ1n) is 27.2. The van der Waals surface area contributed by atoms with Crippen molar-refractivity contribution in [3.8, 4) is 0 Å². The van der Waals surface area contributed by atoms with Crippen LogP contribution in [0, 0.1) is 0 Å². The van der Waals surface area contributed by atoms with Gasteiger partial charge in [0.25, 0.3) is 0 Å². The molecule has 0 heterocycles.